The van der Waals surface area contributed by atoms with Gasteiger partial charge in [-0.15, -0.1) is 0 Å². The fraction of sp³-hybridized carbons (Fsp3) is 0.320. The first-order chi connectivity index (χ1) is 16.5. The van der Waals surface area contributed by atoms with Crippen molar-refractivity contribution in [3.05, 3.63) is 70.7 Å². The van der Waals surface area contributed by atoms with Gasteiger partial charge in [-0.2, -0.15) is 4.98 Å². The Hall–Kier alpha value is -3.23. The molecule has 1 unspecified atom stereocenters. The van der Waals surface area contributed by atoms with E-state index in [1.54, 1.807) is 25.3 Å². The van der Waals surface area contributed by atoms with Crippen LogP contribution in [0.1, 0.15) is 31.7 Å². The lowest BCUT2D eigenvalue weighted by molar-refractivity contribution is -0.137. The minimum Gasteiger partial charge on any atom is -0.463 e. The predicted molar refractivity (Wildman–Crippen MR) is 131 cm³/mol. The molecule has 0 bridgehead atoms. The zero-order chi connectivity index (χ0) is 23.9. The molecule has 1 saturated heterocycles. The number of nitrogens with zero attached hydrogens (tertiary/aromatic N) is 2. The topological polar surface area (TPSA) is 85.4 Å². The summed E-state index contributed by atoms with van der Waals surface area (Å²) in [6, 6.07) is 4.49. The van der Waals surface area contributed by atoms with E-state index in [9.17, 15) is 9.18 Å². The Bertz CT molecular complexity index is 1140. The molecule has 0 radical (unpaired) electrons. The van der Waals surface area contributed by atoms with Gasteiger partial charge in [0, 0.05) is 30.1 Å². The number of anilines is 3. The van der Waals surface area contributed by atoms with Gasteiger partial charge >= 0.3 is 5.97 Å². The van der Waals surface area contributed by atoms with Gasteiger partial charge in [0.25, 0.3) is 0 Å². The number of carbonyl (C=O) groups is 1. The normalized spacial score (nSPS) is 17.9. The van der Waals surface area contributed by atoms with Crippen LogP contribution in [0.5, 0.6) is 0 Å². The van der Waals surface area contributed by atoms with Crippen molar-refractivity contribution in [3.8, 4) is 0 Å². The van der Waals surface area contributed by atoms with Crippen LogP contribution in [0.4, 0.5) is 21.8 Å². The van der Waals surface area contributed by atoms with Crippen molar-refractivity contribution in [2.75, 3.05) is 30.5 Å². The Kier molecular flexibility index (Phi) is 7.92. The van der Waals surface area contributed by atoms with Crippen LogP contribution in [0.3, 0.4) is 0 Å². The fourth-order valence-corrected chi connectivity index (χ4v) is 3.90. The second-order valence-electron chi connectivity index (χ2n) is 7.92. The summed E-state index contributed by atoms with van der Waals surface area (Å²) in [4.78, 5) is 20.8. The molecule has 0 saturated carbocycles. The van der Waals surface area contributed by atoms with Crippen molar-refractivity contribution in [2.45, 2.75) is 32.2 Å². The molecule has 178 valence electrons. The number of allylic oxidation sites excluding steroid dienone is 5. The number of benzene rings is 1. The highest BCUT2D eigenvalue weighted by molar-refractivity contribution is 6.31. The van der Waals surface area contributed by atoms with Crippen LogP contribution in [0, 0.1) is 5.82 Å². The lowest BCUT2D eigenvalue weighted by Crippen LogP contribution is -2.21. The second-order valence-corrected chi connectivity index (χ2v) is 8.32. The average Bonchev–Trinajstić information content (AvgIpc) is 3.34. The van der Waals surface area contributed by atoms with Gasteiger partial charge in [-0.3, -0.25) is 0 Å². The maximum Gasteiger partial charge on any atom is 0.330 e. The first-order valence-corrected chi connectivity index (χ1v) is 11.6. The lowest BCUT2D eigenvalue weighted by Gasteiger charge is -2.19. The highest BCUT2D eigenvalue weighted by Crippen LogP contribution is 2.31. The number of aromatic nitrogens is 2. The van der Waals surface area contributed by atoms with Gasteiger partial charge < -0.3 is 20.1 Å². The number of hydrogen-bond donors (Lipinski definition) is 2. The summed E-state index contributed by atoms with van der Waals surface area (Å²) in [5.41, 5.74) is 3.41. The molecule has 34 heavy (non-hydrogen) atoms. The second kappa shape index (κ2) is 11.3. The fourth-order valence-electron chi connectivity index (χ4n) is 3.72. The van der Waals surface area contributed by atoms with Crippen molar-refractivity contribution in [3.63, 3.8) is 0 Å². The summed E-state index contributed by atoms with van der Waals surface area (Å²) in [6.45, 7) is 3.42. The molecule has 0 spiro atoms. The molecule has 1 aliphatic carbocycles. The SMILES string of the molecule is CCOC(=O)/C=C/C1=CC(c2cnc(Nc3ccc(F)c(Cl)c3)nc2NC2CCOC2)=CCC1. The molecule has 1 fully saturated rings. The summed E-state index contributed by atoms with van der Waals surface area (Å²) in [6.07, 6.45) is 11.7. The van der Waals surface area contributed by atoms with Gasteiger partial charge in [0.2, 0.25) is 5.95 Å². The standard InChI is InChI=1S/C25H26ClFN4O3/c1-2-34-23(32)9-6-16-4-3-5-17(12-16)20-14-28-25(30-18-7-8-22(27)21(26)13-18)31-24(20)29-19-10-11-33-15-19/h5-9,12-14,19H,2-4,10-11,15H2,1H3,(H2,28,29,30,31)/b9-6+. The van der Waals surface area contributed by atoms with Crippen molar-refractivity contribution in [1.29, 1.82) is 0 Å². The van der Waals surface area contributed by atoms with Crippen molar-refractivity contribution in [2.24, 2.45) is 0 Å². The molecule has 2 heterocycles. The number of halogens is 2. The van der Waals surface area contributed by atoms with E-state index in [2.05, 4.69) is 21.7 Å². The Morgan fingerprint density at radius 3 is 3.06 bits per heavy atom. The van der Waals surface area contributed by atoms with Crippen LogP contribution >= 0.6 is 11.6 Å². The molecule has 7 nitrogen and oxygen atoms in total. The number of rotatable bonds is 8. The molecular formula is C25H26ClFN4O3. The van der Waals surface area contributed by atoms with E-state index in [1.807, 2.05) is 6.08 Å². The van der Waals surface area contributed by atoms with Gasteiger partial charge in [-0.25, -0.2) is 14.2 Å². The number of carbonyl (C=O) groups excluding carboxylic acids is 1. The quantitative estimate of drug-likeness (QED) is 0.381. The van der Waals surface area contributed by atoms with E-state index in [0.29, 0.717) is 37.3 Å². The van der Waals surface area contributed by atoms with Gasteiger partial charge in [0.05, 0.1) is 24.3 Å². The smallest absolute Gasteiger partial charge is 0.330 e. The molecule has 2 N–H and O–H groups in total. The van der Waals surface area contributed by atoms with E-state index < -0.39 is 5.82 Å². The van der Waals surface area contributed by atoms with Gasteiger partial charge in [-0.05, 0) is 55.5 Å². The Labute approximate surface area is 202 Å². The highest BCUT2D eigenvalue weighted by atomic mass is 35.5. The molecule has 1 aromatic heterocycles. The summed E-state index contributed by atoms with van der Waals surface area (Å²) in [7, 11) is 0. The molecule has 1 atom stereocenters. The van der Waals surface area contributed by atoms with E-state index in [4.69, 9.17) is 26.1 Å². The van der Waals surface area contributed by atoms with Gasteiger partial charge in [-0.1, -0.05) is 29.8 Å². The number of nitrogens with one attached hydrogen (secondary N) is 2. The molecule has 2 aliphatic rings. The van der Waals surface area contributed by atoms with E-state index in [-0.39, 0.29) is 17.0 Å². The molecule has 9 heteroatoms. The number of hydrogen-bond acceptors (Lipinski definition) is 7. The summed E-state index contributed by atoms with van der Waals surface area (Å²) in [5, 5.41) is 6.57. The van der Waals surface area contributed by atoms with Crippen LogP contribution in [0.2, 0.25) is 5.02 Å². The third-order valence-electron chi connectivity index (χ3n) is 5.40. The van der Waals surface area contributed by atoms with E-state index in [0.717, 1.165) is 36.0 Å². The van der Waals surface area contributed by atoms with Crippen molar-refractivity contribution in [1.82, 2.24) is 9.97 Å². The molecule has 1 aliphatic heterocycles. The molecule has 1 aromatic carbocycles. The van der Waals surface area contributed by atoms with Gasteiger partial charge in [0.15, 0.2) is 0 Å². The minimum atomic E-state index is -0.490. The number of ether oxygens (including phenoxy) is 2. The van der Waals surface area contributed by atoms with Crippen LogP contribution < -0.4 is 10.6 Å². The van der Waals surface area contributed by atoms with Crippen molar-refractivity contribution < 1.29 is 18.7 Å². The monoisotopic (exact) mass is 484 g/mol. The first kappa shape index (κ1) is 23.9. The summed E-state index contributed by atoms with van der Waals surface area (Å²) < 4.78 is 24.0. The molecule has 4 rings (SSSR count). The predicted octanol–water partition coefficient (Wildman–Crippen LogP) is 5.44. The zero-order valence-electron chi connectivity index (χ0n) is 18.8. The summed E-state index contributed by atoms with van der Waals surface area (Å²) >= 11 is 5.90. The highest BCUT2D eigenvalue weighted by Gasteiger charge is 2.20. The van der Waals surface area contributed by atoms with Crippen LogP contribution in [-0.4, -0.2) is 41.8 Å². The minimum absolute atomic E-state index is 0.0176. The molecule has 2 aromatic rings. The van der Waals surface area contributed by atoms with E-state index in [1.165, 1.54) is 18.2 Å². The zero-order valence-corrected chi connectivity index (χ0v) is 19.6. The first-order valence-electron chi connectivity index (χ1n) is 11.2. The maximum atomic E-state index is 13.5. The van der Waals surface area contributed by atoms with Gasteiger partial charge in [0.1, 0.15) is 11.6 Å². The third kappa shape index (κ3) is 6.21. The van der Waals surface area contributed by atoms with E-state index >= 15 is 0 Å². The molecule has 0 amide bonds. The molecular weight excluding hydrogens is 459 g/mol. The van der Waals surface area contributed by atoms with Crippen molar-refractivity contribution >= 4 is 40.6 Å². The summed E-state index contributed by atoms with van der Waals surface area (Å²) in [5.74, 6) is 0.175. The Morgan fingerprint density at radius 2 is 2.29 bits per heavy atom. The average molecular weight is 485 g/mol. The Morgan fingerprint density at radius 1 is 1.41 bits per heavy atom. The Balaban J connectivity index is 1.60. The largest absolute Gasteiger partial charge is 0.463 e. The number of esters is 1. The van der Waals surface area contributed by atoms with Crippen LogP contribution in [-0.2, 0) is 14.3 Å². The van der Waals surface area contributed by atoms with Crippen LogP contribution in [0.25, 0.3) is 5.57 Å². The van der Waals surface area contributed by atoms with Crippen LogP contribution in [0.15, 0.2) is 54.3 Å². The third-order valence-corrected chi connectivity index (χ3v) is 5.69. The lowest BCUT2D eigenvalue weighted by atomic mass is 9.95. The maximum absolute atomic E-state index is 13.5.